The van der Waals surface area contributed by atoms with Gasteiger partial charge in [-0.3, -0.25) is 0 Å². The van der Waals surface area contributed by atoms with E-state index in [1.807, 2.05) is 72.8 Å². The van der Waals surface area contributed by atoms with Crippen molar-refractivity contribution >= 4 is 34.1 Å². The number of nitriles is 2. The van der Waals surface area contributed by atoms with Crippen LogP contribution < -0.4 is 9.80 Å². The molecule has 10 aromatic carbocycles. The maximum Gasteiger partial charge on any atom is 0.0998 e. The highest BCUT2D eigenvalue weighted by atomic mass is 15.1. The Kier molecular flexibility index (Phi) is 11.8. The molecule has 0 bridgehead atoms. The molecule has 0 fully saturated rings. The minimum Gasteiger partial charge on any atom is -0.311 e. The van der Waals surface area contributed by atoms with Crippen molar-refractivity contribution in [2.45, 2.75) is 5.41 Å². The lowest BCUT2D eigenvalue weighted by molar-refractivity contribution is 0.745. The first-order valence-electron chi connectivity index (χ1n) is 22.4. The van der Waals surface area contributed by atoms with Crippen LogP contribution in [0.25, 0.3) is 22.3 Å². The van der Waals surface area contributed by atoms with E-state index in [9.17, 15) is 10.5 Å². The molecule has 0 aliphatic heterocycles. The molecule has 0 radical (unpaired) electrons. The van der Waals surface area contributed by atoms with E-state index in [1.54, 1.807) is 0 Å². The number of anilines is 6. The number of hydrogen-bond donors (Lipinski definition) is 0. The van der Waals surface area contributed by atoms with E-state index in [0.717, 1.165) is 78.6 Å². The first-order valence-corrected chi connectivity index (χ1v) is 22.4. The molecule has 0 aliphatic carbocycles. The van der Waals surface area contributed by atoms with Crippen LogP contribution in [0.15, 0.2) is 267 Å². The van der Waals surface area contributed by atoms with Gasteiger partial charge in [0.15, 0.2) is 0 Å². The molecule has 316 valence electrons. The van der Waals surface area contributed by atoms with Gasteiger partial charge in [-0.1, -0.05) is 182 Å². The van der Waals surface area contributed by atoms with Crippen LogP contribution in [-0.2, 0) is 5.41 Å². The normalized spacial score (nSPS) is 11.0. The van der Waals surface area contributed by atoms with Gasteiger partial charge in [0.05, 0.1) is 28.7 Å². The summed E-state index contributed by atoms with van der Waals surface area (Å²) in [5.74, 6) is 0. The van der Waals surface area contributed by atoms with Crippen LogP contribution >= 0.6 is 0 Å². The highest BCUT2D eigenvalue weighted by Gasteiger charge is 2.39. The molecule has 10 aromatic rings. The van der Waals surface area contributed by atoms with Crippen LogP contribution in [0.5, 0.6) is 0 Å². The molecule has 4 nitrogen and oxygen atoms in total. The van der Waals surface area contributed by atoms with E-state index in [-0.39, 0.29) is 0 Å². The van der Waals surface area contributed by atoms with Gasteiger partial charge in [0.1, 0.15) is 0 Å². The van der Waals surface area contributed by atoms with E-state index in [0.29, 0.717) is 11.1 Å². The van der Waals surface area contributed by atoms with E-state index >= 15 is 0 Å². The van der Waals surface area contributed by atoms with Crippen LogP contribution in [0.4, 0.5) is 34.1 Å². The van der Waals surface area contributed by atoms with E-state index in [1.165, 1.54) is 0 Å². The average Bonchev–Trinajstić information content (AvgIpc) is 3.41. The summed E-state index contributed by atoms with van der Waals surface area (Å²) in [5, 5.41) is 20.2. The topological polar surface area (TPSA) is 54.1 Å². The van der Waals surface area contributed by atoms with Crippen molar-refractivity contribution in [3.05, 3.63) is 300 Å². The molecule has 67 heavy (non-hydrogen) atoms. The standard InChI is InChI=1S/C63H44N4/c64-45-49-17-13-15-27-61(49)47-29-33-51(34-30-47)63(52-35-31-48(32-36-52)62-28-16-14-18-50(62)46-65,53-37-41-59(42-38-53)66(55-19-5-1-6-20-55)56-21-7-2-8-22-56)54-39-43-60(44-40-54)67(57-23-9-3-10-24-57)58-25-11-4-12-26-58/h1-44H. The fourth-order valence-corrected chi connectivity index (χ4v) is 9.39. The summed E-state index contributed by atoms with van der Waals surface area (Å²) in [6.07, 6.45) is 0. The molecule has 0 amide bonds. The predicted molar refractivity (Wildman–Crippen MR) is 274 cm³/mol. The SMILES string of the molecule is N#Cc1ccccc1-c1ccc(C(c2ccc(-c3ccccc3C#N)cc2)(c2ccc(N(c3ccccc3)c3ccccc3)cc2)c2ccc(N(c3ccccc3)c3ccccc3)cc2)cc1. The smallest absolute Gasteiger partial charge is 0.0998 e. The number of benzene rings is 10. The molecule has 4 heteroatoms. The highest BCUT2D eigenvalue weighted by molar-refractivity contribution is 5.80. The molecule has 10 rings (SSSR count). The monoisotopic (exact) mass is 856 g/mol. The molecule has 0 aliphatic rings. The van der Waals surface area contributed by atoms with Gasteiger partial charge in [0.25, 0.3) is 0 Å². The molecular weight excluding hydrogens is 813 g/mol. The first-order chi connectivity index (χ1) is 33.1. The Bertz CT molecular complexity index is 3010. The molecule has 0 atom stereocenters. The Morgan fingerprint density at radius 2 is 0.493 bits per heavy atom. The number of para-hydroxylation sites is 4. The van der Waals surface area contributed by atoms with Gasteiger partial charge in [-0.2, -0.15) is 10.5 Å². The maximum absolute atomic E-state index is 10.1. The predicted octanol–water partition coefficient (Wildman–Crippen LogP) is 16.1. The van der Waals surface area contributed by atoms with Crippen molar-refractivity contribution in [2.24, 2.45) is 0 Å². The second-order valence-electron chi connectivity index (χ2n) is 16.3. The molecule has 0 spiro atoms. The van der Waals surface area contributed by atoms with Crippen molar-refractivity contribution in [3.63, 3.8) is 0 Å². The lowest BCUT2D eigenvalue weighted by atomic mass is 9.64. The quantitative estimate of drug-likeness (QED) is 0.115. The third kappa shape index (κ3) is 8.13. The minimum absolute atomic E-state index is 0.628. The Labute approximate surface area is 392 Å². The second kappa shape index (κ2) is 18.9. The van der Waals surface area contributed by atoms with Gasteiger partial charge < -0.3 is 9.80 Å². The van der Waals surface area contributed by atoms with E-state index < -0.39 is 5.41 Å². The van der Waals surface area contributed by atoms with Crippen LogP contribution in [0.1, 0.15) is 33.4 Å². The second-order valence-corrected chi connectivity index (χ2v) is 16.3. The fraction of sp³-hybridized carbons (Fsp3) is 0.0159. The van der Waals surface area contributed by atoms with Crippen LogP contribution in [0.2, 0.25) is 0 Å². The van der Waals surface area contributed by atoms with Crippen LogP contribution in [0.3, 0.4) is 0 Å². The first kappa shape index (κ1) is 41.8. The van der Waals surface area contributed by atoms with Crippen molar-refractivity contribution < 1.29 is 0 Å². The summed E-state index contributed by atoms with van der Waals surface area (Å²) < 4.78 is 0. The van der Waals surface area contributed by atoms with Crippen LogP contribution in [0, 0.1) is 22.7 Å². The zero-order valence-corrected chi connectivity index (χ0v) is 36.7. The lowest BCUT2D eigenvalue weighted by Gasteiger charge is -2.38. The summed E-state index contributed by atoms with van der Waals surface area (Å²) >= 11 is 0. The average molecular weight is 857 g/mol. The lowest BCUT2D eigenvalue weighted by Crippen LogP contribution is -2.31. The van der Waals surface area contributed by atoms with Gasteiger partial charge in [-0.25, -0.2) is 0 Å². The Balaban J connectivity index is 1.20. The van der Waals surface area contributed by atoms with Gasteiger partial charge in [0, 0.05) is 34.1 Å². The van der Waals surface area contributed by atoms with Crippen molar-refractivity contribution in [1.29, 1.82) is 10.5 Å². The molecule has 0 N–H and O–H groups in total. The minimum atomic E-state index is -0.841. The number of nitrogens with zero attached hydrogens (tertiary/aromatic N) is 4. The number of rotatable bonds is 12. The fourth-order valence-electron chi connectivity index (χ4n) is 9.39. The van der Waals surface area contributed by atoms with Crippen molar-refractivity contribution in [3.8, 4) is 34.4 Å². The van der Waals surface area contributed by atoms with Crippen molar-refractivity contribution in [2.75, 3.05) is 9.80 Å². The zero-order chi connectivity index (χ0) is 45.4. The molecule has 0 saturated heterocycles. The largest absolute Gasteiger partial charge is 0.311 e. The van der Waals surface area contributed by atoms with Crippen LogP contribution in [-0.4, -0.2) is 0 Å². The summed E-state index contributed by atoms with van der Waals surface area (Å²) in [7, 11) is 0. The maximum atomic E-state index is 10.1. The Morgan fingerprint density at radius 3 is 0.776 bits per heavy atom. The summed E-state index contributed by atoms with van der Waals surface area (Å²) in [6, 6.07) is 97.5. The van der Waals surface area contributed by atoms with Gasteiger partial charge >= 0.3 is 0 Å². The Hall–Kier alpha value is -9.22. The van der Waals surface area contributed by atoms with Crippen molar-refractivity contribution in [1.82, 2.24) is 0 Å². The summed E-state index contributed by atoms with van der Waals surface area (Å²) in [6.45, 7) is 0. The summed E-state index contributed by atoms with van der Waals surface area (Å²) in [4.78, 5) is 4.57. The third-order valence-corrected chi connectivity index (χ3v) is 12.5. The molecular formula is C63H44N4. The van der Waals surface area contributed by atoms with Gasteiger partial charge in [-0.15, -0.1) is 0 Å². The highest BCUT2D eigenvalue weighted by Crippen LogP contribution is 2.48. The zero-order valence-electron chi connectivity index (χ0n) is 36.7. The molecule has 0 aromatic heterocycles. The number of hydrogen-bond acceptors (Lipinski definition) is 4. The molecule has 0 heterocycles. The molecule has 0 saturated carbocycles. The van der Waals surface area contributed by atoms with Gasteiger partial charge in [0.2, 0.25) is 0 Å². The van der Waals surface area contributed by atoms with E-state index in [2.05, 4.69) is 216 Å². The van der Waals surface area contributed by atoms with E-state index in [4.69, 9.17) is 0 Å². The van der Waals surface area contributed by atoms with Gasteiger partial charge in [-0.05, 0) is 129 Å². The summed E-state index contributed by atoms with van der Waals surface area (Å²) in [5.41, 5.74) is 14.7. The molecule has 0 unspecified atom stereocenters. The Morgan fingerprint density at radius 1 is 0.254 bits per heavy atom. The third-order valence-electron chi connectivity index (χ3n) is 12.5.